The molecule has 1 heterocycles. The van der Waals surface area contributed by atoms with Gasteiger partial charge in [-0.25, -0.2) is 4.68 Å². The van der Waals surface area contributed by atoms with Gasteiger partial charge in [-0.05, 0) is 30.4 Å². The summed E-state index contributed by atoms with van der Waals surface area (Å²) in [5, 5.41) is 7.10. The van der Waals surface area contributed by atoms with Crippen LogP contribution in [0.5, 0.6) is 5.75 Å². The van der Waals surface area contributed by atoms with E-state index in [0.29, 0.717) is 21.4 Å². The summed E-state index contributed by atoms with van der Waals surface area (Å²) in [4.78, 5) is 0. The highest BCUT2D eigenvalue weighted by atomic mass is 35.5. The van der Waals surface area contributed by atoms with Crippen LogP contribution in [-0.4, -0.2) is 14.9 Å². The van der Waals surface area contributed by atoms with Crippen molar-refractivity contribution in [3.05, 3.63) is 39.9 Å². The molecular weight excluding hydrogens is 248 g/mol. The minimum Gasteiger partial charge on any atom is -0.485 e. The lowest BCUT2D eigenvalue weighted by molar-refractivity contribution is 0.292. The van der Waals surface area contributed by atoms with Gasteiger partial charge in [0.1, 0.15) is 12.4 Å². The number of nitrogens with zero attached hydrogens (tertiary/aromatic N) is 2. The molecule has 2 aromatic rings. The third-order valence-corrected chi connectivity index (χ3v) is 2.46. The molecule has 2 rings (SSSR count). The third kappa shape index (κ3) is 2.34. The highest BCUT2D eigenvalue weighted by Gasteiger charge is 2.03. The van der Waals surface area contributed by atoms with Crippen LogP contribution in [0.2, 0.25) is 5.02 Å². The molecule has 0 atom stereocenters. The molecular formula is C9H9ClN4OS. The predicted molar refractivity (Wildman–Crippen MR) is 63.3 cm³/mol. The summed E-state index contributed by atoms with van der Waals surface area (Å²) in [7, 11) is 0. The monoisotopic (exact) mass is 256 g/mol. The van der Waals surface area contributed by atoms with Gasteiger partial charge >= 0.3 is 0 Å². The fourth-order valence-electron chi connectivity index (χ4n) is 1.14. The summed E-state index contributed by atoms with van der Waals surface area (Å²) in [6, 6.07) is 7.09. The van der Waals surface area contributed by atoms with Gasteiger partial charge in [-0.1, -0.05) is 17.7 Å². The van der Waals surface area contributed by atoms with E-state index in [1.807, 2.05) is 0 Å². The van der Waals surface area contributed by atoms with E-state index in [0.717, 1.165) is 0 Å². The number of nitrogens with two attached hydrogens (primary N) is 1. The van der Waals surface area contributed by atoms with Crippen molar-refractivity contribution in [3.8, 4) is 5.75 Å². The molecule has 0 amide bonds. The second-order valence-electron chi connectivity index (χ2n) is 3.06. The molecule has 1 aromatic carbocycles. The lowest BCUT2D eigenvalue weighted by Gasteiger charge is -2.05. The molecule has 5 nitrogen and oxygen atoms in total. The quantitative estimate of drug-likeness (QED) is 0.650. The first-order chi connectivity index (χ1) is 7.66. The van der Waals surface area contributed by atoms with Crippen LogP contribution in [-0.2, 0) is 6.61 Å². The summed E-state index contributed by atoms with van der Waals surface area (Å²) < 4.78 is 7.07. The molecule has 0 spiro atoms. The standard InChI is InChI=1S/C9H9ClN4OS/c10-6-2-1-3-7(4-6)15-5-8-12-13-9(16)14(8)11/h1-4H,5,11H2,(H,13,16). The number of aromatic amines is 1. The number of hydrogen-bond acceptors (Lipinski definition) is 4. The van der Waals surface area contributed by atoms with Crippen LogP contribution < -0.4 is 10.6 Å². The summed E-state index contributed by atoms with van der Waals surface area (Å²) >= 11 is 10.7. The minimum atomic E-state index is 0.226. The molecule has 84 valence electrons. The molecule has 1 aromatic heterocycles. The number of nitrogen functional groups attached to an aromatic ring is 1. The Hall–Kier alpha value is -1.53. The third-order valence-electron chi connectivity index (χ3n) is 1.94. The molecule has 0 aliphatic carbocycles. The molecule has 3 N–H and O–H groups in total. The van der Waals surface area contributed by atoms with E-state index < -0.39 is 0 Å². The molecule has 0 saturated carbocycles. The van der Waals surface area contributed by atoms with Crippen LogP contribution >= 0.6 is 23.8 Å². The smallest absolute Gasteiger partial charge is 0.214 e. The zero-order chi connectivity index (χ0) is 11.5. The first kappa shape index (κ1) is 11.0. The van der Waals surface area contributed by atoms with Gasteiger partial charge in [0.25, 0.3) is 0 Å². The second-order valence-corrected chi connectivity index (χ2v) is 3.88. The van der Waals surface area contributed by atoms with E-state index in [4.69, 9.17) is 34.4 Å². The van der Waals surface area contributed by atoms with Crippen molar-refractivity contribution < 1.29 is 4.74 Å². The molecule has 0 aliphatic rings. The molecule has 16 heavy (non-hydrogen) atoms. The minimum absolute atomic E-state index is 0.226. The Kier molecular flexibility index (Phi) is 3.12. The first-order valence-corrected chi connectivity index (χ1v) is 5.25. The maximum atomic E-state index is 5.81. The van der Waals surface area contributed by atoms with Crippen LogP contribution in [0.1, 0.15) is 5.82 Å². The summed E-state index contributed by atoms with van der Waals surface area (Å²) in [6.45, 7) is 0.226. The Bertz CT molecular complexity index is 550. The zero-order valence-corrected chi connectivity index (χ0v) is 9.76. The van der Waals surface area contributed by atoms with Gasteiger partial charge < -0.3 is 10.6 Å². The van der Waals surface area contributed by atoms with Crippen molar-refractivity contribution in [2.24, 2.45) is 0 Å². The molecule has 7 heteroatoms. The van der Waals surface area contributed by atoms with E-state index in [-0.39, 0.29) is 6.61 Å². The zero-order valence-electron chi connectivity index (χ0n) is 8.18. The average Bonchev–Trinajstić information content (AvgIpc) is 2.57. The Morgan fingerprint density at radius 2 is 2.38 bits per heavy atom. The topological polar surface area (TPSA) is 68.9 Å². The number of ether oxygens (including phenoxy) is 1. The molecule has 0 saturated heterocycles. The van der Waals surface area contributed by atoms with Crippen molar-refractivity contribution in [3.63, 3.8) is 0 Å². The average molecular weight is 257 g/mol. The number of halogens is 1. The van der Waals surface area contributed by atoms with Gasteiger partial charge in [0.15, 0.2) is 5.82 Å². The van der Waals surface area contributed by atoms with E-state index in [1.165, 1.54) is 4.68 Å². The van der Waals surface area contributed by atoms with Crippen LogP contribution in [0, 0.1) is 4.77 Å². The van der Waals surface area contributed by atoms with Gasteiger partial charge in [-0.2, -0.15) is 5.10 Å². The normalized spacial score (nSPS) is 10.3. The van der Waals surface area contributed by atoms with Gasteiger partial charge in [0.05, 0.1) is 0 Å². The SMILES string of the molecule is Nn1c(COc2cccc(Cl)c2)n[nH]c1=S. The van der Waals surface area contributed by atoms with Crippen LogP contribution in [0.15, 0.2) is 24.3 Å². The van der Waals surface area contributed by atoms with E-state index >= 15 is 0 Å². The van der Waals surface area contributed by atoms with Crippen LogP contribution in [0.4, 0.5) is 0 Å². The number of nitrogens with one attached hydrogen (secondary N) is 1. The number of aromatic nitrogens is 3. The lowest BCUT2D eigenvalue weighted by atomic mass is 10.3. The molecule has 0 aliphatic heterocycles. The summed E-state index contributed by atoms with van der Waals surface area (Å²) in [5.74, 6) is 6.78. The van der Waals surface area contributed by atoms with Crippen molar-refractivity contribution in [2.75, 3.05) is 5.84 Å². The summed E-state index contributed by atoms with van der Waals surface area (Å²) in [5.41, 5.74) is 0. The van der Waals surface area contributed by atoms with Gasteiger partial charge in [0, 0.05) is 5.02 Å². The van der Waals surface area contributed by atoms with E-state index in [2.05, 4.69) is 10.2 Å². The number of rotatable bonds is 3. The maximum absolute atomic E-state index is 5.81. The van der Waals surface area contributed by atoms with Gasteiger partial charge in [-0.3, -0.25) is 5.10 Å². The Labute approximate surface area is 102 Å². The Balaban J connectivity index is 2.08. The Morgan fingerprint density at radius 3 is 3.00 bits per heavy atom. The number of benzene rings is 1. The first-order valence-electron chi connectivity index (χ1n) is 4.46. The summed E-state index contributed by atoms with van der Waals surface area (Å²) in [6.07, 6.45) is 0. The molecule has 0 unspecified atom stereocenters. The maximum Gasteiger partial charge on any atom is 0.214 e. The van der Waals surface area contributed by atoms with Gasteiger partial charge in [0.2, 0.25) is 4.77 Å². The van der Waals surface area contributed by atoms with Crippen LogP contribution in [0.25, 0.3) is 0 Å². The van der Waals surface area contributed by atoms with E-state index in [1.54, 1.807) is 24.3 Å². The van der Waals surface area contributed by atoms with E-state index in [9.17, 15) is 0 Å². The number of hydrogen-bond donors (Lipinski definition) is 2. The second kappa shape index (κ2) is 4.54. The molecule has 0 radical (unpaired) electrons. The predicted octanol–water partition coefficient (Wildman–Crippen LogP) is 1.89. The fraction of sp³-hybridized carbons (Fsp3) is 0.111. The largest absolute Gasteiger partial charge is 0.485 e. The Morgan fingerprint density at radius 1 is 1.56 bits per heavy atom. The van der Waals surface area contributed by atoms with Crippen molar-refractivity contribution in [2.45, 2.75) is 6.61 Å². The van der Waals surface area contributed by atoms with Crippen molar-refractivity contribution in [1.29, 1.82) is 0 Å². The highest BCUT2D eigenvalue weighted by Crippen LogP contribution is 2.17. The fourth-order valence-corrected chi connectivity index (χ4v) is 1.48. The number of H-pyrrole nitrogens is 1. The highest BCUT2D eigenvalue weighted by molar-refractivity contribution is 7.71. The van der Waals surface area contributed by atoms with Crippen molar-refractivity contribution >= 4 is 23.8 Å². The molecule has 0 bridgehead atoms. The lowest BCUT2D eigenvalue weighted by Crippen LogP contribution is -2.14. The van der Waals surface area contributed by atoms with Gasteiger partial charge in [-0.15, -0.1) is 0 Å². The van der Waals surface area contributed by atoms with Crippen LogP contribution in [0.3, 0.4) is 0 Å². The van der Waals surface area contributed by atoms with Crippen molar-refractivity contribution in [1.82, 2.24) is 14.9 Å². The molecule has 0 fully saturated rings.